The number of Topliss-reactive ketones (excluding diaryl/α,β-unsaturated/α-hetero) is 1. The molecule has 160 valence electrons. The number of hydrogen-bond acceptors (Lipinski definition) is 4. The highest BCUT2D eigenvalue weighted by molar-refractivity contribution is 6.04. The molecule has 0 aromatic heterocycles. The number of ketones is 1. The minimum atomic E-state index is -1.42. The number of aryl methyl sites for hydroxylation is 2. The molecule has 1 fully saturated rings. The minimum absolute atomic E-state index is 0.0796. The van der Waals surface area contributed by atoms with Gasteiger partial charge >= 0.3 is 0 Å². The third-order valence-electron chi connectivity index (χ3n) is 7.01. The molecule has 0 radical (unpaired) electrons. The van der Waals surface area contributed by atoms with Gasteiger partial charge < -0.3 is 4.90 Å². The number of benzene rings is 3. The number of para-hydroxylation sites is 1. The molecule has 2 aliphatic rings. The van der Waals surface area contributed by atoms with E-state index in [1.54, 1.807) is 0 Å². The van der Waals surface area contributed by atoms with E-state index in [1.807, 2.05) is 104 Å². The summed E-state index contributed by atoms with van der Waals surface area (Å²) in [7, 11) is 0. The van der Waals surface area contributed by atoms with Crippen LogP contribution in [0.3, 0.4) is 0 Å². The molecule has 3 atom stereocenters. The second kappa shape index (κ2) is 7.76. The van der Waals surface area contributed by atoms with Crippen LogP contribution in [-0.4, -0.2) is 17.9 Å². The molecule has 1 saturated heterocycles. The van der Waals surface area contributed by atoms with E-state index in [9.17, 15) is 15.3 Å². The summed E-state index contributed by atoms with van der Waals surface area (Å²) in [5.74, 6) is -0.690. The first kappa shape index (κ1) is 20.7. The standard InChI is InChI=1S/C29H23N3O/c1-19-12-13-20(2)23(16-19)26-27(28(33)22-9-4-3-5-10-22)32-24-11-7-6-8-21(24)14-15-25(32)29(26,17-30)18-31/h3-16,25-27H,1-2H3/t25-,26-,27-/m1/s1. The Bertz CT molecular complexity index is 1350. The van der Waals surface area contributed by atoms with Gasteiger partial charge in [-0.1, -0.05) is 84.4 Å². The van der Waals surface area contributed by atoms with Crippen LogP contribution in [0.1, 0.15) is 38.5 Å². The van der Waals surface area contributed by atoms with Crippen LogP contribution in [0.2, 0.25) is 0 Å². The van der Waals surface area contributed by atoms with Crippen LogP contribution in [0.5, 0.6) is 0 Å². The molecule has 0 aliphatic carbocycles. The fourth-order valence-electron chi connectivity index (χ4n) is 5.45. The number of rotatable bonds is 3. The second-order valence-corrected chi connectivity index (χ2v) is 8.88. The van der Waals surface area contributed by atoms with E-state index in [1.165, 1.54) is 0 Å². The highest BCUT2D eigenvalue weighted by Crippen LogP contribution is 2.56. The number of carbonyl (C=O) groups excluding carboxylic acids is 1. The molecule has 3 aromatic rings. The van der Waals surface area contributed by atoms with Crippen LogP contribution < -0.4 is 4.90 Å². The zero-order valence-corrected chi connectivity index (χ0v) is 18.6. The van der Waals surface area contributed by atoms with Crippen molar-refractivity contribution in [1.82, 2.24) is 0 Å². The summed E-state index contributed by atoms with van der Waals surface area (Å²) in [6.07, 6.45) is 3.89. The van der Waals surface area contributed by atoms with Gasteiger partial charge in [0.1, 0.15) is 6.04 Å². The Morgan fingerprint density at radius 1 is 0.939 bits per heavy atom. The highest BCUT2D eigenvalue weighted by atomic mass is 16.1. The maximum Gasteiger partial charge on any atom is 0.185 e. The van der Waals surface area contributed by atoms with Crippen molar-refractivity contribution in [3.8, 4) is 12.1 Å². The summed E-state index contributed by atoms with van der Waals surface area (Å²) in [5.41, 5.74) is 3.91. The Kier molecular flexibility index (Phi) is 4.88. The van der Waals surface area contributed by atoms with Crippen LogP contribution >= 0.6 is 0 Å². The molecule has 2 aliphatic heterocycles. The summed E-state index contributed by atoms with van der Waals surface area (Å²) in [4.78, 5) is 16.1. The van der Waals surface area contributed by atoms with Crippen molar-refractivity contribution in [2.24, 2.45) is 5.41 Å². The van der Waals surface area contributed by atoms with Crippen molar-refractivity contribution in [2.45, 2.75) is 31.8 Å². The average molecular weight is 430 g/mol. The van der Waals surface area contributed by atoms with Crippen molar-refractivity contribution in [1.29, 1.82) is 10.5 Å². The summed E-state index contributed by atoms with van der Waals surface area (Å²) in [6, 6.07) is 26.6. The first-order chi connectivity index (χ1) is 16.0. The molecule has 4 heteroatoms. The van der Waals surface area contributed by atoms with Crippen molar-refractivity contribution >= 4 is 17.5 Å². The number of nitrogens with zero attached hydrogens (tertiary/aromatic N) is 3. The van der Waals surface area contributed by atoms with Gasteiger partial charge in [-0.25, -0.2) is 0 Å². The van der Waals surface area contributed by atoms with Gasteiger partial charge in [-0.3, -0.25) is 4.79 Å². The van der Waals surface area contributed by atoms with E-state index < -0.39 is 23.4 Å². The molecule has 0 saturated carbocycles. The molecule has 5 rings (SSSR count). The monoisotopic (exact) mass is 429 g/mol. The number of anilines is 1. The van der Waals surface area contributed by atoms with Crippen molar-refractivity contribution in [2.75, 3.05) is 4.90 Å². The average Bonchev–Trinajstić information content (AvgIpc) is 3.16. The zero-order chi connectivity index (χ0) is 23.2. The Labute approximate surface area is 194 Å². The lowest BCUT2D eigenvalue weighted by Crippen LogP contribution is -2.44. The molecule has 0 amide bonds. The van der Waals surface area contributed by atoms with E-state index in [0.717, 1.165) is 27.9 Å². The maximum absolute atomic E-state index is 14.1. The molecule has 0 bridgehead atoms. The Morgan fingerprint density at radius 2 is 1.64 bits per heavy atom. The SMILES string of the molecule is Cc1ccc(C)c([C@@H]2[C@H](C(=O)c3ccccc3)N3c4ccccc4C=C[C@@H]3C2(C#N)C#N)c1. The fourth-order valence-corrected chi connectivity index (χ4v) is 5.45. The summed E-state index contributed by atoms with van der Waals surface area (Å²) >= 11 is 0. The van der Waals surface area contributed by atoms with Crippen LogP contribution in [0.25, 0.3) is 6.08 Å². The van der Waals surface area contributed by atoms with Gasteiger partial charge in [0.2, 0.25) is 0 Å². The number of nitriles is 2. The molecule has 33 heavy (non-hydrogen) atoms. The van der Waals surface area contributed by atoms with Crippen molar-refractivity contribution in [3.63, 3.8) is 0 Å². The number of fused-ring (bicyclic) bond motifs is 3. The molecule has 0 N–H and O–H groups in total. The van der Waals surface area contributed by atoms with E-state index in [4.69, 9.17) is 0 Å². The highest BCUT2D eigenvalue weighted by Gasteiger charge is 2.63. The predicted octanol–water partition coefficient (Wildman–Crippen LogP) is 5.59. The Morgan fingerprint density at radius 3 is 2.36 bits per heavy atom. The van der Waals surface area contributed by atoms with E-state index >= 15 is 0 Å². The first-order valence-corrected chi connectivity index (χ1v) is 11.1. The van der Waals surface area contributed by atoms with Gasteiger partial charge in [-0.05, 0) is 36.6 Å². The van der Waals surface area contributed by atoms with Gasteiger partial charge in [0.15, 0.2) is 11.2 Å². The molecular formula is C29H23N3O. The largest absolute Gasteiger partial charge is 0.351 e. The Hall–Kier alpha value is -4.15. The normalized spacial score (nSPS) is 22.1. The van der Waals surface area contributed by atoms with Gasteiger partial charge in [-0.15, -0.1) is 0 Å². The van der Waals surface area contributed by atoms with E-state index in [0.29, 0.717) is 5.56 Å². The minimum Gasteiger partial charge on any atom is -0.351 e. The molecule has 4 nitrogen and oxygen atoms in total. The smallest absolute Gasteiger partial charge is 0.185 e. The third kappa shape index (κ3) is 2.99. The van der Waals surface area contributed by atoms with Crippen molar-refractivity contribution in [3.05, 3.63) is 107 Å². The first-order valence-electron chi connectivity index (χ1n) is 11.1. The van der Waals surface area contributed by atoms with E-state index in [2.05, 4.69) is 12.1 Å². The fraction of sp³-hybridized carbons (Fsp3) is 0.207. The van der Waals surface area contributed by atoms with Gasteiger partial charge in [0.05, 0.1) is 18.2 Å². The molecule has 0 unspecified atom stereocenters. The lowest BCUT2D eigenvalue weighted by molar-refractivity contribution is 0.0951. The van der Waals surface area contributed by atoms with Gasteiger partial charge in [0.25, 0.3) is 0 Å². The van der Waals surface area contributed by atoms with Gasteiger partial charge in [0, 0.05) is 17.2 Å². The lowest BCUT2D eigenvalue weighted by Gasteiger charge is -2.35. The number of hydrogen-bond donors (Lipinski definition) is 0. The zero-order valence-electron chi connectivity index (χ0n) is 18.6. The molecule has 3 aromatic carbocycles. The second-order valence-electron chi connectivity index (χ2n) is 8.88. The Balaban J connectivity index is 1.83. The van der Waals surface area contributed by atoms with Crippen LogP contribution in [0, 0.1) is 41.9 Å². The van der Waals surface area contributed by atoms with Crippen LogP contribution in [0.4, 0.5) is 5.69 Å². The third-order valence-corrected chi connectivity index (χ3v) is 7.01. The van der Waals surface area contributed by atoms with Crippen LogP contribution in [0.15, 0.2) is 78.9 Å². The topological polar surface area (TPSA) is 67.9 Å². The van der Waals surface area contributed by atoms with Crippen LogP contribution in [-0.2, 0) is 0 Å². The summed E-state index contributed by atoms with van der Waals surface area (Å²) in [5, 5.41) is 21.0. The molecule has 2 heterocycles. The molecule has 0 spiro atoms. The quantitative estimate of drug-likeness (QED) is 0.509. The van der Waals surface area contributed by atoms with Gasteiger partial charge in [-0.2, -0.15) is 10.5 Å². The summed E-state index contributed by atoms with van der Waals surface area (Å²) < 4.78 is 0. The van der Waals surface area contributed by atoms with Crippen molar-refractivity contribution < 1.29 is 4.79 Å². The molecular weight excluding hydrogens is 406 g/mol. The summed E-state index contributed by atoms with van der Waals surface area (Å²) in [6.45, 7) is 3.98. The predicted molar refractivity (Wildman–Crippen MR) is 129 cm³/mol. The van der Waals surface area contributed by atoms with E-state index in [-0.39, 0.29) is 5.78 Å². The number of carbonyl (C=O) groups is 1. The lowest BCUT2D eigenvalue weighted by atomic mass is 9.68. The maximum atomic E-state index is 14.1.